The standard InChI is InChI=1S/C24H35N7O/c1-2-25-23(30-14-16-31(17-15-30)24-26-10-3-11-27-24)28-18-20-4-6-21(7-5-20)19-29-12-8-22(32)9-13-29/h3-7,10-11,22,32H,2,8-9,12-19H2,1H3,(H,25,28). The molecule has 2 aliphatic heterocycles. The summed E-state index contributed by atoms with van der Waals surface area (Å²) in [6, 6.07) is 10.6. The van der Waals surface area contributed by atoms with Gasteiger partial charge in [-0.1, -0.05) is 24.3 Å². The third-order valence-corrected chi connectivity index (χ3v) is 6.15. The minimum absolute atomic E-state index is 0.118. The summed E-state index contributed by atoms with van der Waals surface area (Å²) in [5.41, 5.74) is 2.54. The van der Waals surface area contributed by atoms with Crippen LogP contribution in [0.3, 0.4) is 0 Å². The molecule has 3 heterocycles. The maximum Gasteiger partial charge on any atom is 0.225 e. The molecule has 0 spiro atoms. The van der Waals surface area contributed by atoms with Crippen molar-refractivity contribution in [2.24, 2.45) is 4.99 Å². The third-order valence-electron chi connectivity index (χ3n) is 6.15. The number of aromatic nitrogens is 2. The van der Waals surface area contributed by atoms with Crippen LogP contribution < -0.4 is 10.2 Å². The van der Waals surface area contributed by atoms with Crippen LogP contribution >= 0.6 is 0 Å². The Balaban J connectivity index is 1.30. The van der Waals surface area contributed by atoms with Gasteiger partial charge in [0.1, 0.15) is 0 Å². The van der Waals surface area contributed by atoms with Gasteiger partial charge in [-0.05, 0) is 37.0 Å². The first kappa shape index (κ1) is 22.5. The van der Waals surface area contributed by atoms with E-state index in [0.29, 0.717) is 6.54 Å². The number of piperidine rings is 1. The summed E-state index contributed by atoms with van der Waals surface area (Å²) < 4.78 is 0. The number of piperazine rings is 1. The molecule has 0 radical (unpaired) electrons. The molecule has 1 aromatic heterocycles. The van der Waals surface area contributed by atoms with Gasteiger partial charge in [0.15, 0.2) is 5.96 Å². The molecule has 172 valence electrons. The van der Waals surface area contributed by atoms with Gasteiger partial charge in [0.2, 0.25) is 5.95 Å². The number of nitrogens with zero attached hydrogens (tertiary/aromatic N) is 6. The molecule has 0 amide bonds. The molecule has 0 saturated carbocycles. The van der Waals surface area contributed by atoms with Crippen molar-refractivity contribution in [3.8, 4) is 0 Å². The zero-order chi connectivity index (χ0) is 22.2. The minimum atomic E-state index is -0.118. The van der Waals surface area contributed by atoms with Crippen LogP contribution in [0.2, 0.25) is 0 Å². The SMILES string of the molecule is CCNC(=NCc1ccc(CN2CCC(O)CC2)cc1)N1CCN(c2ncccn2)CC1. The Morgan fingerprint density at radius 2 is 1.66 bits per heavy atom. The van der Waals surface area contributed by atoms with Crippen LogP contribution in [0.15, 0.2) is 47.7 Å². The van der Waals surface area contributed by atoms with Gasteiger partial charge in [-0.2, -0.15) is 0 Å². The molecule has 2 aromatic rings. The highest BCUT2D eigenvalue weighted by molar-refractivity contribution is 5.80. The monoisotopic (exact) mass is 437 g/mol. The van der Waals surface area contributed by atoms with Crippen molar-refractivity contribution in [2.45, 2.75) is 39.0 Å². The van der Waals surface area contributed by atoms with Crippen molar-refractivity contribution in [2.75, 3.05) is 50.7 Å². The van der Waals surface area contributed by atoms with E-state index in [9.17, 15) is 5.11 Å². The van der Waals surface area contributed by atoms with Gasteiger partial charge >= 0.3 is 0 Å². The van der Waals surface area contributed by atoms with Crippen molar-refractivity contribution >= 4 is 11.9 Å². The van der Waals surface area contributed by atoms with Crippen molar-refractivity contribution in [3.05, 3.63) is 53.9 Å². The predicted octanol–water partition coefficient (Wildman–Crippen LogP) is 1.72. The fourth-order valence-corrected chi connectivity index (χ4v) is 4.25. The summed E-state index contributed by atoms with van der Waals surface area (Å²) >= 11 is 0. The first-order chi connectivity index (χ1) is 15.7. The lowest BCUT2D eigenvalue weighted by Crippen LogP contribution is -2.52. The molecule has 2 aliphatic rings. The lowest BCUT2D eigenvalue weighted by molar-refractivity contribution is 0.0792. The van der Waals surface area contributed by atoms with E-state index >= 15 is 0 Å². The Morgan fingerprint density at radius 3 is 2.31 bits per heavy atom. The van der Waals surface area contributed by atoms with Crippen molar-refractivity contribution in [1.29, 1.82) is 0 Å². The Kier molecular flexibility index (Phi) is 7.90. The zero-order valence-electron chi connectivity index (χ0n) is 19.0. The van der Waals surface area contributed by atoms with Crippen LogP contribution in [-0.4, -0.2) is 82.8 Å². The number of rotatable bonds is 6. The third kappa shape index (κ3) is 6.17. The van der Waals surface area contributed by atoms with Crippen LogP contribution in [0, 0.1) is 0 Å². The molecule has 32 heavy (non-hydrogen) atoms. The Bertz CT molecular complexity index is 842. The van der Waals surface area contributed by atoms with E-state index in [0.717, 1.165) is 77.1 Å². The Labute approximate surface area is 191 Å². The van der Waals surface area contributed by atoms with E-state index in [4.69, 9.17) is 4.99 Å². The van der Waals surface area contributed by atoms with Gasteiger partial charge in [0.25, 0.3) is 0 Å². The number of anilines is 1. The van der Waals surface area contributed by atoms with E-state index in [1.54, 1.807) is 12.4 Å². The summed E-state index contributed by atoms with van der Waals surface area (Å²) in [5, 5.41) is 13.1. The van der Waals surface area contributed by atoms with Crippen LogP contribution in [0.25, 0.3) is 0 Å². The number of aliphatic imine (C=N–C) groups is 1. The lowest BCUT2D eigenvalue weighted by atomic mass is 10.1. The summed E-state index contributed by atoms with van der Waals surface area (Å²) in [4.78, 5) is 20.6. The van der Waals surface area contributed by atoms with Crippen LogP contribution in [-0.2, 0) is 13.1 Å². The Hall–Kier alpha value is -2.71. The molecule has 0 unspecified atom stereocenters. The van der Waals surface area contributed by atoms with Crippen LogP contribution in [0.1, 0.15) is 30.9 Å². The van der Waals surface area contributed by atoms with Gasteiger partial charge < -0.3 is 20.2 Å². The van der Waals surface area contributed by atoms with E-state index in [2.05, 4.69) is 61.2 Å². The average Bonchev–Trinajstić information content (AvgIpc) is 2.85. The quantitative estimate of drug-likeness (QED) is 0.526. The molecule has 4 rings (SSSR count). The lowest BCUT2D eigenvalue weighted by Gasteiger charge is -2.36. The van der Waals surface area contributed by atoms with Gasteiger partial charge in [-0.3, -0.25) is 4.90 Å². The highest BCUT2D eigenvalue weighted by Gasteiger charge is 2.21. The topological polar surface area (TPSA) is 80.1 Å². The largest absolute Gasteiger partial charge is 0.393 e. The van der Waals surface area contributed by atoms with Crippen molar-refractivity contribution in [1.82, 2.24) is 25.1 Å². The normalized spacial score (nSPS) is 18.8. The van der Waals surface area contributed by atoms with Crippen molar-refractivity contribution in [3.63, 3.8) is 0 Å². The summed E-state index contributed by atoms with van der Waals surface area (Å²) in [6.07, 6.45) is 5.23. The summed E-state index contributed by atoms with van der Waals surface area (Å²) in [5.74, 6) is 1.77. The molecular formula is C24H35N7O. The number of benzene rings is 1. The first-order valence-electron chi connectivity index (χ1n) is 11.7. The fourth-order valence-electron chi connectivity index (χ4n) is 4.25. The van der Waals surface area contributed by atoms with Crippen LogP contribution in [0.5, 0.6) is 0 Å². The maximum atomic E-state index is 9.68. The van der Waals surface area contributed by atoms with Gasteiger partial charge in [-0.15, -0.1) is 0 Å². The number of hydrogen-bond donors (Lipinski definition) is 2. The zero-order valence-corrected chi connectivity index (χ0v) is 19.0. The molecule has 0 bridgehead atoms. The second-order valence-electron chi connectivity index (χ2n) is 8.52. The molecule has 0 aliphatic carbocycles. The van der Waals surface area contributed by atoms with E-state index in [1.165, 1.54) is 11.1 Å². The molecule has 8 heteroatoms. The highest BCUT2D eigenvalue weighted by Crippen LogP contribution is 2.15. The molecule has 8 nitrogen and oxygen atoms in total. The summed E-state index contributed by atoms with van der Waals surface area (Å²) in [7, 11) is 0. The van der Waals surface area contributed by atoms with Gasteiger partial charge in [0.05, 0.1) is 12.6 Å². The Morgan fingerprint density at radius 1 is 1.00 bits per heavy atom. The number of guanidine groups is 1. The maximum absolute atomic E-state index is 9.68. The number of hydrogen-bond acceptors (Lipinski definition) is 6. The predicted molar refractivity (Wildman–Crippen MR) is 128 cm³/mol. The molecular weight excluding hydrogens is 402 g/mol. The number of aliphatic hydroxyl groups excluding tert-OH is 1. The van der Waals surface area contributed by atoms with Crippen LogP contribution in [0.4, 0.5) is 5.95 Å². The molecule has 2 N–H and O–H groups in total. The van der Waals surface area contributed by atoms with E-state index < -0.39 is 0 Å². The molecule has 0 atom stereocenters. The van der Waals surface area contributed by atoms with Gasteiger partial charge in [-0.25, -0.2) is 15.0 Å². The first-order valence-corrected chi connectivity index (χ1v) is 11.7. The molecule has 1 aromatic carbocycles. The number of nitrogens with one attached hydrogen (secondary N) is 1. The molecule has 2 saturated heterocycles. The second-order valence-corrected chi connectivity index (χ2v) is 8.52. The number of likely N-dealkylation sites (tertiary alicyclic amines) is 1. The fraction of sp³-hybridized carbons (Fsp3) is 0.542. The highest BCUT2D eigenvalue weighted by atomic mass is 16.3. The van der Waals surface area contributed by atoms with E-state index in [1.807, 2.05) is 6.07 Å². The van der Waals surface area contributed by atoms with Crippen molar-refractivity contribution < 1.29 is 5.11 Å². The molecule has 2 fully saturated rings. The average molecular weight is 438 g/mol. The number of aliphatic hydroxyl groups is 1. The minimum Gasteiger partial charge on any atom is -0.393 e. The van der Waals surface area contributed by atoms with Gasteiger partial charge in [0, 0.05) is 64.8 Å². The summed E-state index contributed by atoms with van der Waals surface area (Å²) in [6.45, 7) is 10.1. The second kappa shape index (κ2) is 11.2. The smallest absolute Gasteiger partial charge is 0.225 e. The van der Waals surface area contributed by atoms with E-state index in [-0.39, 0.29) is 6.10 Å².